The maximum absolute atomic E-state index is 14.9. The topological polar surface area (TPSA) is 165 Å². The van der Waals surface area contributed by atoms with E-state index >= 15 is 0 Å². The number of furan rings is 1. The van der Waals surface area contributed by atoms with Gasteiger partial charge < -0.3 is 34.6 Å². The van der Waals surface area contributed by atoms with Crippen LogP contribution >= 0.6 is 0 Å². The number of anilines is 1. The summed E-state index contributed by atoms with van der Waals surface area (Å²) in [7, 11) is 1.39. The molecule has 0 unspecified atom stereocenters. The Hall–Kier alpha value is -5.81. The lowest BCUT2D eigenvalue weighted by Crippen LogP contribution is -2.38. The van der Waals surface area contributed by atoms with Crippen LogP contribution in [0.3, 0.4) is 0 Å². The van der Waals surface area contributed by atoms with Gasteiger partial charge in [0.25, 0.3) is 11.8 Å². The minimum atomic E-state index is -0.848. The maximum atomic E-state index is 14.9. The van der Waals surface area contributed by atoms with Gasteiger partial charge in [0.15, 0.2) is 18.4 Å². The lowest BCUT2D eigenvalue weighted by Gasteiger charge is -2.19. The zero-order valence-corrected chi connectivity index (χ0v) is 25.9. The number of alkyl carbamates (subject to hydrolysis) is 1. The number of hydrogen-bond donors (Lipinski definition) is 3. The number of hydrogen-bond acceptors (Lipinski definition) is 9. The summed E-state index contributed by atoms with van der Waals surface area (Å²) in [5.74, 6) is -3.14. The van der Waals surface area contributed by atoms with Crippen LogP contribution in [0.25, 0.3) is 22.4 Å². The van der Waals surface area contributed by atoms with Crippen molar-refractivity contribution in [3.8, 4) is 34.2 Å². The minimum Gasteiger partial charge on any atom is -0.467 e. The van der Waals surface area contributed by atoms with Gasteiger partial charge in [-0.15, -0.1) is 0 Å². The third kappa shape index (κ3) is 8.89. The number of pyridine rings is 1. The van der Waals surface area contributed by atoms with Crippen LogP contribution in [0.2, 0.25) is 0 Å². The Balaban J connectivity index is 1.73. The molecule has 14 heteroatoms. The van der Waals surface area contributed by atoms with Crippen molar-refractivity contribution in [3.63, 3.8) is 0 Å². The first kappa shape index (κ1) is 34.1. The maximum Gasteiger partial charge on any atom is 0.407 e. The lowest BCUT2D eigenvalue weighted by molar-refractivity contribution is 0.0512. The largest absolute Gasteiger partial charge is 0.467 e. The van der Waals surface area contributed by atoms with Crippen molar-refractivity contribution in [3.05, 3.63) is 89.4 Å². The Morgan fingerprint density at radius 1 is 0.979 bits per heavy atom. The summed E-state index contributed by atoms with van der Waals surface area (Å²) in [6.45, 7) is 4.87. The number of halogens is 2. The molecule has 4 rings (SSSR count). The molecule has 2 aromatic heterocycles. The van der Waals surface area contributed by atoms with Gasteiger partial charge in [0.2, 0.25) is 0 Å². The van der Waals surface area contributed by atoms with E-state index in [0.717, 1.165) is 12.1 Å². The second-order valence-corrected chi connectivity index (χ2v) is 10.9. The normalized spacial score (nSPS) is 10.9. The molecule has 0 aliphatic heterocycles. The summed E-state index contributed by atoms with van der Waals surface area (Å²) in [6.07, 6.45) is 0.621. The first-order valence-corrected chi connectivity index (χ1v) is 14.2. The van der Waals surface area contributed by atoms with Crippen molar-refractivity contribution in [2.45, 2.75) is 26.4 Å². The van der Waals surface area contributed by atoms with Crippen molar-refractivity contribution >= 4 is 23.7 Å². The first-order valence-electron chi connectivity index (χ1n) is 14.2. The van der Waals surface area contributed by atoms with Gasteiger partial charge in [0.05, 0.1) is 17.5 Å². The summed E-state index contributed by atoms with van der Waals surface area (Å²) in [5, 5.41) is 17.8. The van der Waals surface area contributed by atoms with E-state index in [-0.39, 0.29) is 70.7 Å². The molecule has 2 heterocycles. The van der Waals surface area contributed by atoms with Crippen LogP contribution in [0, 0.1) is 23.0 Å². The molecular formula is C33H31F2N5O7. The smallest absolute Gasteiger partial charge is 0.407 e. The van der Waals surface area contributed by atoms with Crippen LogP contribution < -0.4 is 20.7 Å². The van der Waals surface area contributed by atoms with Gasteiger partial charge in [-0.3, -0.25) is 9.59 Å². The predicted molar refractivity (Wildman–Crippen MR) is 165 cm³/mol. The Kier molecular flexibility index (Phi) is 10.9. The van der Waals surface area contributed by atoms with E-state index < -0.39 is 35.1 Å². The molecule has 3 amide bonds. The van der Waals surface area contributed by atoms with Gasteiger partial charge in [-0.05, 0) is 68.8 Å². The van der Waals surface area contributed by atoms with Crippen molar-refractivity contribution in [2.75, 3.05) is 32.3 Å². The minimum absolute atomic E-state index is 0.0120. The zero-order valence-electron chi connectivity index (χ0n) is 25.9. The predicted octanol–water partition coefficient (Wildman–Crippen LogP) is 5.65. The van der Waals surface area contributed by atoms with E-state index in [1.54, 1.807) is 20.8 Å². The number of aromatic nitrogens is 1. The molecule has 2 aromatic carbocycles. The molecule has 0 saturated carbocycles. The van der Waals surface area contributed by atoms with Crippen molar-refractivity contribution in [1.82, 2.24) is 15.6 Å². The highest BCUT2D eigenvalue weighted by atomic mass is 19.1. The number of benzene rings is 2. The zero-order chi connectivity index (χ0) is 34.1. The number of rotatable bonds is 11. The molecule has 0 aliphatic carbocycles. The quantitative estimate of drug-likeness (QED) is 0.138. The summed E-state index contributed by atoms with van der Waals surface area (Å²) in [4.78, 5) is 42.3. The van der Waals surface area contributed by atoms with Gasteiger partial charge in [-0.2, -0.15) is 5.26 Å². The van der Waals surface area contributed by atoms with Gasteiger partial charge >= 0.3 is 6.09 Å². The fourth-order valence-corrected chi connectivity index (χ4v) is 4.26. The third-order valence-electron chi connectivity index (χ3n) is 6.26. The monoisotopic (exact) mass is 647 g/mol. The van der Waals surface area contributed by atoms with E-state index in [0.29, 0.717) is 0 Å². The molecule has 0 atom stereocenters. The van der Waals surface area contributed by atoms with Crippen LogP contribution in [0.4, 0.5) is 19.4 Å². The van der Waals surface area contributed by atoms with Crippen molar-refractivity contribution < 1.29 is 41.8 Å². The van der Waals surface area contributed by atoms with Crippen LogP contribution in [0.15, 0.2) is 65.3 Å². The Morgan fingerprint density at radius 3 is 2.43 bits per heavy atom. The van der Waals surface area contributed by atoms with Gasteiger partial charge in [0, 0.05) is 37.4 Å². The van der Waals surface area contributed by atoms with E-state index in [4.69, 9.17) is 18.6 Å². The van der Waals surface area contributed by atoms with Crippen LogP contribution in [-0.4, -0.2) is 55.5 Å². The number of amides is 3. The molecule has 12 nitrogen and oxygen atoms in total. The lowest BCUT2D eigenvalue weighted by atomic mass is 9.96. The number of carbonyl (C=O) groups excluding carboxylic acids is 3. The molecule has 4 aromatic rings. The molecule has 0 fully saturated rings. The molecule has 244 valence electrons. The molecule has 47 heavy (non-hydrogen) atoms. The van der Waals surface area contributed by atoms with E-state index in [9.17, 15) is 28.4 Å². The summed E-state index contributed by atoms with van der Waals surface area (Å²) in [5.41, 5.74) is -0.372. The average Bonchev–Trinajstić information content (AvgIpc) is 3.57. The van der Waals surface area contributed by atoms with Crippen LogP contribution in [-0.2, 0) is 9.47 Å². The molecule has 0 spiro atoms. The standard InChI is InChI=1S/C33H31F2N5O7/c1-33(2,3)47-32(43)38-12-11-37-30(41)23-14-19(7-10-25(23)35)22-16-26(21-9-8-20(34)15-28(21)46-18-44-4)39-29(24(22)17-36)40-31(42)27-6-5-13-45-27/h5-10,13-16H,11-12,18H2,1-4H3,(H,37,41)(H,38,43)(H,39,40,42). The number of methoxy groups -OCH3 is 1. The average molecular weight is 648 g/mol. The van der Waals surface area contributed by atoms with Crippen molar-refractivity contribution in [1.29, 1.82) is 5.26 Å². The van der Waals surface area contributed by atoms with Gasteiger partial charge in [-0.1, -0.05) is 6.07 Å². The summed E-state index contributed by atoms with van der Waals surface area (Å²) >= 11 is 0. The second kappa shape index (κ2) is 15.0. The molecule has 3 N–H and O–H groups in total. The van der Waals surface area contributed by atoms with Gasteiger partial charge in [-0.25, -0.2) is 18.6 Å². The van der Waals surface area contributed by atoms with E-state index in [1.165, 1.54) is 55.8 Å². The van der Waals surface area contributed by atoms with Crippen LogP contribution in [0.5, 0.6) is 5.75 Å². The first-order chi connectivity index (χ1) is 22.4. The number of nitrogens with zero attached hydrogens (tertiary/aromatic N) is 2. The highest BCUT2D eigenvalue weighted by Crippen LogP contribution is 2.37. The summed E-state index contributed by atoms with van der Waals surface area (Å²) in [6, 6.07) is 13.7. The number of carbonyl (C=O) groups is 3. The highest BCUT2D eigenvalue weighted by Gasteiger charge is 2.22. The molecule has 0 aliphatic rings. The molecule has 0 radical (unpaired) electrons. The number of ether oxygens (including phenoxy) is 3. The number of nitrogens with one attached hydrogen (secondary N) is 3. The third-order valence-corrected chi connectivity index (χ3v) is 6.26. The van der Waals surface area contributed by atoms with E-state index in [2.05, 4.69) is 20.9 Å². The van der Waals surface area contributed by atoms with Crippen LogP contribution in [0.1, 0.15) is 47.2 Å². The number of nitriles is 1. The Bertz CT molecular complexity index is 1820. The SMILES string of the molecule is COCOc1cc(F)ccc1-c1cc(-c2ccc(F)c(C(=O)NCCNC(=O)OC(C)(C)C)c2)c(C#N)c(NC(=O)c2ccco2)n1. The van der Waals surface area contributed by atoms with Crippen molar-refractivity contribution in [2.24, 2.45) is 0 Å². The molecule has 0 bridgehead atoms. The fraction of sp³-hybridized carbons (Fsp3) is 0.242. The van der Waals surface area contributed by atoms with Gasteiger partial charge in [0.1, 0.15) is 34.6 Å². The Morgan fingerprint density at radius 2 is 1.74 bits per heavy atom. The fourth-order valence-electron chi connectivity index (χ4n) is 4.26. The molecule has 0 saturated heterocycles. The van der Waals surface area contributed by atoms with E-state index in [1.807, 2.05) is 6.07 Å². The highest BCUT2D eigenvalue weighted by molar-refractivity contribution is 6.03. The second-order valence-electron chi connectivity index (χ2n) is 10.9. The molecular weight excluding hydrogens is 616 g/mol. The Labute approximate surface area is 268 Å². The summed E-state index contributed by atoms with van der Waals surface area (Å²) < 4.78 is 49.9.